The highest BCUT2D eigenvalue weighted by molar-refractivity contribution is 5.94. The SMILES string of the molecule is C=CC(=O)N1CCN(C[C@H](Oc2cc(C)c(C(=O)NC)nc2N)c2ccc(C)c(F)c2)C[C@H]1C. The van der Waals surface area contributed by atoms with Crippen LogP contribution >= 0.6 is 0 Å². The molecule has 1 saturated heterocycles. The van der Waals surface area contributed by atoms with Crippen LogP contribution in [0.2, 0.25) is 0 Å². The van der Waals surface area contributed by atoms with Gasteiger partial charge in [-0.1, -0.05) is 18.7 Å². The number of pyridine rings is 1. The largest absolute Gasteiger partial charge is 0.481 e. The Morgan fingerprint density at radius 1 is 1.32 bits per heavy atom. The average molecular weight is 470 g/mol. The minimum absolute atomic E-state index is 0.00419. The van der Waals surface area contributed by atoms with E-state index in [1.165, 1.54) is 19.2 Å². The van der Waals surface area contributed by atoms with E-state index >= 15 is 0 Å². The molecule has 182 valence electrons. The molecule has 3 N–H and O–H groups in total. The first-order chi connectivity index (χ1) is 16.1. The van der Waals surface area contributed by atoms with Gasteiger partial charge in [-0.3, -0.25) is 14.5 Å². The van der Waals surface area contributed by atoms with E-state index in [0.717, 1.165) is 0 Å². The number of halogens is 1. The van der Waals surface area contributed by atoms with E-state index in [-0.39, 0.29) is 35.2 Å². The number of nitrogens with one attached hydrogen (secondary N) is 1. The molecule has 0 saturated carbocycles. The molecule has 0 aliphatic carbocycles. The quantitative estimate of drug-likeness (QED) is 0.605. The van der Waals surface area contributed by atoms with E-state index in [2.05, 4.69) is 21.8 Å². The van der Waals surface area contributed by atoms with Crippen LogP contribution in [0.5, 0.6) is 5.75 Å². The van der Waals surface area contributed by atoms with E-state index in [9.17, 15) is 14.0 Å². The minimum atomic E-state index is -0.543. The number of hydrogen-bond donors (Lipinski definition) is 2. The molecule has 8 nitrogen and oxygen atoms in total. The lowest BCUT2D eigenvalue weighted by Crippen LogP contribution is -2.54. The second-order valence-corrected chi connectivity index (χ2v) is 8.58. The number of nitrogens with zero attached hydrogens (tertiary/aromatic N) is 3. The highest BCUT2D eigenvalue weighted by Gasteiger charge is 2.29. The summed E-state index contributed by atoms with van der Waals surface area (Å²) in [7, 11) is 1.52. The number of amides is 2. The van der Waals surface area contributed by atoms with Crippen molar-refractivity contribution >= 4 is 17.6 Å². The first-order valence-electron chi connectivity index (χ1n) is 11.2. The lowest BCUT2D eigenvalue weighted by atomic mass is 10.0. The number of carbonyl (C=O) groups is 2. The summed E-state index contributed by atoms with van der Waals surface area (Å²) in [5.74, 6) is -0.348. The van der Waals surface area contributed by atoms with Crippen LogP contribution in [0.25, 0.3) is 0 Å². The molecule has 3 rings (SSSR count). The second-order valence-electron chi connectivity index (χ2n) is 8.58. The molecule has 2 aromatic rings. The first-order valence-corrected chi connectivity index (χ1v) is 11.2. The van der Waals surface area contributed by atoms with Gasteiger partial charge in [-0.05, 0) is 55.7 Å². The number of aromatic nitrogens is 1. The van der Waals surface area contributed by atoms with Crippen molar-refractivity contribution in [1.82, 2.24) is 20.1 Å². The van der Waals surface area contributed by atoms with Gasteiger partial charge in [0.25, 0.3) is 5.91 Å². The Bertz CT molecular complexity index is 1090. The summed E-state index contributed by atoms with van der Waals surface area (Å²) >= 11 is 0. The molecular formula is C25H32FN5O3. The van der Waals surface area contributed by atoms with Crippen LogP contribution in [-0.4, -0.2) is 65.9 Å². The van der Waals surface area contributed by atoms with Crippen molar-refractivity contribution in [3.8, 4) is 5.75 Å². The average Bonchev–Trinajstić information content (AvgIpc) is 2.81. The number of nitrogens with two attached hydrogens (primary N) is 1. The normalized spacial score (nSPS) is 17.2. The topological polar surface area (TPSA) is 101 Å². The van der Waals surface area contributed by atoms with Crippen LogP contribution in [0.1, 0.15) is 40.2 Å². The Balaban J connectivity index is 1.88. The summed E-state index contributed by atoms with van der Waals surface area (Å²) in [6.07, 6.45) is 0.784. The molecule has 0 unspecified atom stereocenters. The number of ether oxygens (including phenoxy) is 1. The van der Waals surface area contributed by atoms with Crippen LogP contribution < -0.4 is 15.8 Å². The summed E-state index contributed by atoms with van der Waals surface area (Å²) in [5.41, 5.74) is 8.17. The number of nitrogen functional groups attached to an aromatic ring is 1. The molecule has 0 spiro atoms. The molecule has 34 heavy (non-hydrogen) atoms. The maximum Gasteiger partial charge on any atom is 0.269 e. The first kappa shape index (κ1) is 25.2. The molecule has 9 heteroatoms. The maximum atomic E-state index is 14.4. The summed E-state index contributed by atoms with van der Waals surface area (Å²) in [6, 6.07) is 6.69. The van der Waals surface area contributed by atoms with Crippen LogP contribution in [-0.2, 0) is 4.79 Å². The van der Waals surface area contributed by atoms with Gasteiger partial charge in [-0.25, -0.2) is 9.37 Å². The Hall–Kier alpha value is -3.46. The zero-order valence-corrected chi connectivity index (χ0v) is 20.1. The molecule has 1 fully saturated rings. The van der Waals surface area contributed by atoms with Gasteiger partial charge in [0.05, 0.1) is 0 Å². The van der Waals surface area contributed by atoms with E-state index in [4.69, 9.17) is 10.5 Å². The Kier molecular flexibility index (Phi) is 7.88. The van der Waals surface area contributed by atoms with Crippen molar-refractivity contribution in [3.05, 3.63) is 65.1 Å². The lowest BCUT2D eigenvalue weighted by Gasteiger charge is -2.40. The fourth-order valence-electron chi connectivity index (χ4n) is 4.10. The van der Waals surface area contributed by atoms with E-state index in [1.54, 1.807) is 30.9 Å². The molecule has 0 radical (unpaired) electrons. The van der Waals surface area contributed by atoms with Gasteiger partial charge in [-0.2, -0.15) is 0 Å². The van der Waals surface area contributed by atoms with Crippen molar-refractivity contribution in [2.75, 3.05) is 39.0 Å². The summed E-state index contributed by atoms with van der Waals surface area (Å²) in [4.78, 5) is 32.3. The zero-order valence-electron chi connectivity index (χ0n) is 20.1. The van der Waals surface area contributed by atoms with Crippen molar-refractivity contribution < 1.29 is 18.7 Å². The molecule has 1 aliphatic rings. The molecular weight excluding hydrogens is 437 g/mol. The Morgan fingerprint density at radius 2 is 2.06 bits per heavy atom. The van der Waals surface area contributed by atoms with Gasteiger partial charge >= 0.3 is 0 Å². The van der Waals surface area contributed by atoms with Crippen LogP contribution in [0, 0.1) is 19.7 Å². The third kappa shape index (κ3) is 5.53. The number of piperazine rings is 1. The van der Waals surface area contributed by atoms with Crippen LogP contribution in [0.3, 0.4) is 0 Å². The third-order valence-corrected chi connectivity index (χ3v) is 6.08. The van der Waals surface area contributed by atoms with Crippen LogP contribution in [0.15, 0.2) is 36.9 Å². The molecule has 2 heterocycles. The monoisotopic (exact) mass is 469 g/mol. The van der Waals surface area contributed by atoms with E-state index in [1.807, 2.05) is 13.0 Å². The number of benzene rings is 1. The molecule has 0 bridgehead atoms. The molecule has 1 aliphatic heterocycles. The molecule has 2 amide bonds. The number of aryl methyl sites for hydroxylation is 2. The maximum absolute atomic E-state index is 14.4. The highest BCUT2D eigenvalue weighted by Crippen LogP contribution is 2.30. The fraction of sp³-hybridized carbons (Fsp3) is 0.400. The van der Waals surface area contributed by atoms with Crippen molar-refractivity contribution in [2.24, 2.45) is 0 Å². The van der Waals surface area contributed by atoms with E-state index in [0.29, 0.717) is 48.6 Å². The van der Waals surface area contributed by atoms with Crippen molar-refractivity contribution in [1.29, 1.82) is 0 Å². The summed E-state index contributed by atoms with van der Waals surface area (Å²) in [5, 5.41) is 2.54. The Morgan fingerprint density at radius 3 is 2.68 bits per heavy atom. The highest BCUT2D eigenvalue weighted by atomic mass is 19.1. The minimum Gasteiger partial charge on any atom is -0.481 e. The van der Waals surface area contributed by atoms with Gasteiger partial charge < -0.3 is 20.7 Å². The van der Waals surface area contributed by atoms with Crippen LogP contribution in [0.4, 0.5) is 10.2 Å². The van der Waals surface area contributed by atoms with Gasteiger partial charge in [0.2, 0.25) is 5.91 Å². The van der Waals surface area contributed by atoms with Gasteiger partial charge in [0.15, 0.2) is 11.6 Å². The molecule has 2 atom stereocenters. The van der Waals surface area contributed by atoms with Gasteiger partial charge in [0.1, 0.15) is 17.6 Å². The van der Waals surface area contributed by atoms with Gasteiger partial charge in [-0.15, -0.1) is 0 Å². The van der Waals surface area contributed by atoms with Gasteiger partial charge in [0, 0.05) is 39.3 Å². The Labute approximate surface area is 199 Å². The summed E-state index contributed by atoms with van der Waals surface area (Å²) < 4.78 is 20.7. The third-order valence-electron chi connectivity index (χ3n) is 6.08. The zero-order chi connectivity index (χ0) is 25.0. The summed E-state index contributed by atoms with van der Waals surface area (Å²) in [6.45, 7) is 11.3. The predicted molar refractivity (Wildman–Crippen MR) is 129 cm³/mol. The van der Waals surface area contributed by atoms with Crippen molar-refractivity contribution in [3.63, 3.8) is 0 Å². The molecule has 1 aromatic carbocycles. The smallest absolute Gasteiger partial charge is 0.269 e. The van der Waals surface area contributed by atoms with E-state index < -0.39 is 6.10 Å². The number of carbonyl (C=O) groups excluding carboxylic acids is 2. The van der Waals surface area contributed by atoms with Crippen molar-refractivity contribution in [2.45, 2.75) is 32.9 Å². The lowest BCUT2D eigenvalue weighted by molar-refractivity contribution is -0.130. The predicted octanol–water partition coefficient (Wildman–Crippen LogP) is 2.62. The number of anilines is 1. The number of hydrogen-bond acceptors (Lipinski definition) is 6. The number of rotatable bonds is 7. The standard InChI is InChI=1S/C25H32FN5O3/c1-6-22(32)31-10-9-30(13-17(31)4)14-21(18-8-7-15(2)19(26)12-18)34-20-11-16(3)23(25(33)28-5)29-24(20)27/h6-8,11-12,17,21H,1,9-10,13-14H2,2-5H3,(H2,27,29)(H,28,33)/t17-,21+/m1/s1. The second kappa shape index (κ2) is 10.6. The molecule has 1 aromatic heterocycles. The fourth-order valence-corrected chi connectivity index (χ4v) is 4.10.